The molecule has 1 aromatic carbocycles. The zero-order chi connectivity index (χ0) is 20.1. The Morgan fingerprint density at radius 1 is 1.36 bits per heavy atom. The molecule has 0 saturated carbocycles. The number of hydrogen-bond donors (Lipinski definition) is 1. The number of aromatic nitrogens is 1. The Labute approximate surface area is 165 Å². The van der Waals surface area contributed by atoms with Gasteiger partial charge in [-0.2, -0.15) is 0 Å². The van der Waals surface area contributed by atoms with Gasteiger partial charge in [-0.25, -0.2) is 4.98 Å². The Morgan fingerprint density at radius 3 is 2.89 bits per heavy atom. The van der Waals surface area contributed by atoms with E-state index < -0.39 is 11.8 Å². The van der Waals surface area contributed by atoms with Crippen LogP contribution in [0.4, 0.5) is 5.69 Å². The first-order valence-electron chi connectivity index (χ1n) is 9.73. The molecule has 2 amide bonds. The van der Waals surface area contributed by atoms with Gasteiger partial charge in [-0.3, -0.25) is 9.59 Å². The molecule has 1 fully saturated rings. The van der Waals surface area contributed by atoms with E-state index in [1.807, 2.05) is 13.0 Å². The van der Waals surface area contributed by atoms with Crippen LogP contribution in [-0.4, -0.2) is 59.8 Å². The first kappa shape index (κ1) is 20.1. The van der Waals surface area contributed by atoms with E-state index in [2.05, 4.69) is 22.2 Å². The van der Waals surface area contributed by atoms with Crippen LogP contribution in [0.15, 0.2) is 34.9 Å². The summed E-state index contributed by atoms with van der Waals surface area (Å²) in [5.41, 5.74) is 2.06. The van der Waals surface area contributed by atoms with Crippen LogP contribution in [0, 0.1) is 6.92 Å². The molecule has 0 spiro atoms. The van der Waals surface area contributed by atoms with E-state index >= 15 is 0 Å². The van der Waals surface area contributed by atoms with Gasteiger partial charge in [0.2, 0.25) is 5.89 Å². The lowest BCUT2D eigenvalue weighted by Gasteiger charge is -2.33. The largest absolute Gasteiger partial charge is 0.444 e. The summed E-state index contributed by atoms with van der Waals surface area (Å²) >= 11 is 0. The lowest BCUT2D eigenvalue weighted by molar-refractivity contribution is -0.142. The SMILES string of the molecule is Cc1coc(-c2cccc(NC(=O)C(=O)N(C)CC[C@H]3CCCCN3C)c2)n1. The number of amides is 2. The number of aryl methyl sites for hydroxylation is 1. The van der Waals surface area contributed by atoms with Crippen LogP contribution in [-0.2, 0) is 9.59 Å². The lowest BCUT2D eigenvalue weighted by atomic mass is 10.00. The molecule has 150 valence electrons. The third-order valence-electron chi connectivity index (χ3n) is 5.25. The number of nitrogens with zero attached hydrogens (tertiary/aromatic N) is 3. The normalized spacial score (nSPS) is 17.3. The van der Waals surface area contributed by atoms with Crippen molar-refractivity contribution >= 4 is 17.5 Å². The van der Waals surface area contributed by atoms with Gasteiger partial charge in [0.15, 0.2) is 0 Å². The molecular formula is C21H28N4O3. The molecule has 28 heavy (non-hydrogen) atoms. The number of likely N-dealkylation sites (N-methyl/N-ethyl adjacent to an activating group) is 1. The van der Waals surface area contributed by atoms with E-state index in [1.165, 1.54) is 17.7 Å². The predicted molar refractivity (Wildman–Crippen MR) is 108 cm³/mol. The summed E-state index contributed by atoms with van der Waals surface area (Å²) in [5.74, 6) is -0.690. The van der Waals surface area contributed by atoms with Crippen molar-refractivity contribution < 1.29 is 14.0 Å². The highest BCUT2D eigenvalue weighted by atomic mass is 16.3. The molecule has 2 aromatic rings. The molecule has 0 aliphatic carbocycles. The van der Waals surface area contributed by atoms with Gasteiger partial charge in [-0.1, -0.05) is 12.5 Å². The van der Waals surface area contributed by atoms with Gasteiger partial charge in [0.25, 0.3) is 0 Å². The van der Waals surface area contributed by atoms with E-state index in [1.54, 1.807) is 31.5 Å². The van der Waals surface area contributed by atoms with Crippen LogP contribution in [0.2, 0.25) is 0 Å². The molecule has 7 heteroatoms. The van der Waals surface area contributed by atoms with E-state index in [0.29, 0.717) is 24.2 Å². The highest BCUT2D eigenvalue weighted by molar-refractivity contribution is 6.39. The van der Waals surface area contributed by atoms with Crippen LogP contribution in [0.1, 0.15) is 31.4 Å². The zero-order valence-corrected chi connectivity index (χ0v) is 16.8. The third kappa shape index (κ3) is 4.98. The van der Waals surface area contributed by atoms with Gasteiger partial charge in [-0.15, -0.1) is 0 Å². The second kappa shape index (κ2) is 9.01. The monoisotopic (exact) mass is 384 g/mol. The average molecular weight is 384 g/mol. The van der Waals surface area contributed by atoms with Crippen molar-refractivity contribution in [3.05, 3.63) is 36.2 Å². The minimum atomic E-state index is -0.639. The van der Waals surface area contributed by atoms with Gasteiger partial charge in [0.05, 0.1) is 5.69 Å². The minimum absolute atomic E-state index is 0.480. The fourth-order valence-electron chi connectivity index (χ4n) is 3.53. The number of anilines is 1. The van der Waals surface area contributed by atoms with E-state index in [0.717, 1.165) is 30.6 Å². The Balaban J connectivity index is 1.55. The van der Waals surface area contributed by atoms with E-state index in [4.69, 9.17) is 4.42 Å². The molecule has 1 saturated heterocycles. The molecule has 3 rings (SSSR count). The first-order valence-corrected chi connectivity index (χ1v) is 9.73. The second-order valence-corrected chi connectivity index (χ2v) is 7.47. The smallest absolute Gasteiger partial charge is 0.313 e. The van der Waals surface area contributed by atoms with Crippen LogP contribution >= 0.6 is 0 Å². The number of hydrogen-bond acceptors (Lipinski definition) is 5. The number of carbonyl (C=O) groups excluding carboxylic acids is 2. The van der Waals surface area contributed by atoms with Crippen molar-refractivity contribution in [3.8, 4) is 11.5 Å². The summed E-state index contributed by atoms with van der Waals surface area (Å²) in [7, 11) is 3.80. The summed E-state index contributed by atoms with van der Waals surface area (Å²) < 4.78 is 5.39. The number of piperidine rings is 1. The van der Waals surface area contributed by atoms with Crippen molar-refractivity contribution in [2.45, 2.75) is 38.6 Å². The molecule has 0 radical (unpaired) electrons. The fourth-order valence-corrected chi connectivity index (χ4v) is 3.53. The Morgan fingerprint density at radius 2 is 2.18 bits per heavy atom. The van der Waals surface area contributed by atoms with Crippen molar-refractivity contribution in [1.82, 2.24) is 14.8 Å². The number of benzene rings is 1. The molecular weight excluding hydrogens is 356 g/mol. The number of nitrogens with one attached hydrogen (secondary N) is 1. The number of likely N-dealkylation sites (tertiary alicyclic amines) is 1. The van der Waals surface area contributed by atoms with Crippen LogP contribution < -0.4 is 5.32 Å². The highest BCUT2D eigenvalue weighted by Gasteiger charge is 2.23. The maximum absolute atomic E-state index is 12.4. The number of carbonyl (C=O) groups is 2. The van der Waals surface area contributed by atoms with Crippen LogP contribution in [0.5, 0.6) is 0 Å². The van der Waals surface area contributed by atoms with E-state index in [-0.39, 0.29) is 0 Å². The van der Waals surface area contributed by atoms with Crippen molar-refractivity contribution in [1.29, 1.82) is 0 Å². The molecule has 1 aliphatic heterocycles. The van der Waals surface area contributed by atoms with Crippen LogP contribution in [0.25, 0.3) is 11.5 Å². The van der Waals surface area contributed by atoms with Gasteiger partial charge >= 0.3 is 11.8 Å². The summed E-state index contributed by atoms with van der Waals surface area (Å²) in [6.07, 6.45) is 6.07. The molecule has 7 nitrogen and oxygen atoms in total. The Kier molecular flexibility index (Phi) is 6.46. The van der Waals surface area contributed by atoms with Gasteiger partial charge in [0.1, 0.15) is 6.26 Å². The number of oxazole rings is 1. The van der Waals surface area contributed by atoms with Crippen molar-refractivity contribution in [2.24, 2.45) is 0 Å². The second-order valence-electron chi connectivity index (χ2n) is 7.47. The average Bonchev–Trinajstić information content (AvgIpc) is 3.13. The zero-order valence-electron chi connectivity index (χ0n) is 16.8. The quantitative estimate of drug-likeness (QED) is 0.802. The fraction of sp³-hybridized carbons (Fsp3) is 0.476. The Bertz CT molecular complexity index is 833. The predicted octanol–water partition coefficient (Wildman–Crippen LogP) is 2.92. The first-order chi connectivity index (χ1) is 13.4. The summed E-state index contributed by atoms with van der Waals surface area (Å²) in [4.78, 5) is 32.9. The number of rotatable bonds is 5. The Hall–Kier alpha value is -2.67. The molecule has 1 aromatic heterocycles. The minimum Gasteiger partial charge on any atom is -0.444 e. The molecule has 0 bridgehead atoms. The lowest BCUT2D eigenvalue weighted by Crippen LogP contribution is -2.42. The van der Waals surface area contributed by atoms with Crippen molar-refractivity contribution in [2.75, 3.05) is 32.5 Å². The third-order valence-corrected chi connectivity index (χ3v) is 5.25. The van der Waals surface area contributed by atoms with Crippen molar-refractivity contribution in [3.63, 3.8) is 0 Å². The maximum atomic E-state index is 12.4. The maximum Gasteiger partial charge on any atom is 0.313 e. The highest BCUT2D eigenvalue weighted by Crippen LogP contribution is 2.22. The summed E-state index contributed by atoms with van der Waals surface area (Å²) in [6.45, 7) is 3.51. The summed E-state index contributed by atoms with van der Waals surface area (Å²) in [5, 5.41) is 2.68. The van der Waals surface area contributed by atoms with E-state index in [9.17, 15) is 9.59 Å². The molecule has 1 aliphatic rings. The molecule has 2 heterocycles. The van der Waals surface area contributed by atoms with Gasteiger partial charge in [-0.05, 0) is 58.0 Å². The molecule has 1 atom stereocenters. The topological polar surface area (TPSA) is 78.7 Å². The van der Waals surface area contributed by atoms with Gasteiger partial charge < -0.3 is 19.5 Å². The standard InChI is InChI=1S/C21H28N4O3/c1-15-14-28-20(22-15)16-7-6-8-17(13-16)23-19(26)21(27)25(3)12-10-18-9-4-5-11-24(18)2/h6-8,13-14,18H,4-5,9-12H2,1-3H3,(H,23,26)/t18-/m1/s1. The summed E-state index contributed by atoms with van der Waals surface area (Å²) in [6, 6.07) is 7.59. The molecule has 0 unspecified atom stereocenters. The van der Waals surface area contributed by atoms with Crippen LogP contribution in [0.3, 0.4) is 0 Å². The molecule has 1 N–H and O–H groups in total. The van der Waals surface area contributed by atoms with Gasteiger partial charge in [0, 0.05) is 30.9 Å².